The molecule has 0 aliphatic heterocycles. The van der Waals surface area contributed by atoms with Gasteiger partial charge < -0.3 is 9.73 Å². The normalized spacial score (nSPS) is 13.6. The van der Waals surface area contributed by atoms with E-state index in [1.807, 2.05) is 47.6 Å². The van der Waals surface area contributed by atoms with Crippen LogP contribution < -0.4 is 10.0 Å². The topological polar surface area (TPSA) is 106 Å². The summed E-state index contributed by atoms with van der Waals surface area (Å²) in [7, 11) is -3.86. The maximum Gasteiger partial charge on any atom is 0.292 e. The molecule has 0 aliphatic carbocycles. The Hall–Kier alpha value is -2.13. The number of rotatable bonds is 4. The average Bonchev–Trinajstić information content (AvgIpc) is 3.10. The second-order valence-electron chi connectivity index (χ2n) is 10.2. The highest BCUT2D eigenvalue weighted by molar-refractivity contribution is 7.89. The fourth-order valence-electron chi connectivity index (χ4n) is 2.57. The third kappa shape index (κ3) is 5.70. The molecule has 9 heteroatoms. The van der Waals surface area contributed by atoms with Gasteiger partial charge in [0.2, 0.25) is 5.09 Å². The monoisotopic (exact) mass is 424 g/mol. The number of nitrogens with one attached hydrogen (secondary N) is 2. The maximum absolute atomic E-state index is 12.7. The number of carbonyl (C=O) groups is 1. The zero-order valence-corrected chi connectivity index (χ0v) is 19.5. The summed E-state index contributed by atoms with van der Waals surface area (Å²) in [4.78, 5) is 12.7. The van der Waals surface area contributed by atoms with E-state index in [1.54, 1.807) is 25.5 Å². The molecule has 0 aliphatic rings. The van der Waals surface area contributed by atoms with Crippen molar-refractivity contribution in [2.24, 2.45) is 0 Å². The van der Waals surface area contributed by atoms with Crippen molar-refractivity contribution in [1.82, 2.24) is 14.5 Å². The highest BCUT2D eigenvalue weighted by Gasteiger charge is 2.28. The third-order valence-corrected chi connectivity index (χ3v) is 5.50. The second kappa shape index (κ2) is 7.28. The Morgan fingerprint density at radius 2 is 1.62 bits per heavy atom. The van der Waals surface area contributed by atoms with E-state index >= 15 is 0 Å². The van der Waals surface area contributed by atoms with Crippen molar-refractivity contribution < 1.29 is 17.6 Å². The summed E-state index contributed by atoms with van der Waals surface area (Å²) in [6.07, 6.45) is 0. The smallest absolute Gasteiger partial charge is 0.292 e. The molecule has 0 radical (unpaired) electrons. The highest BCUT2D eigenvalue weighted by Crippen LogP contribution is 2.28. The molecule has 1 amide bonds. The van der Waals surface area contributed by atoms with Crippen LogP contribution >= 0.6 is 0 Å². The van der Waals surface area contributed by atoms with Gasteiger partial charge in [-0.3, -0.25) is 4.79 Å². The fourth-order valence-corrected chi connectivity index (χ4v) is 3.92. The van der Waals surface area contributed by atoms with Gasteiger partial charge in [0.1, 0.15) is 5.82 Å². The van der Waals surface area contributed by atoms with Crippen LogP contribution in [0.15, 0.2) is 27.7 Å². The number of hydrogen-bond donors (Lipinski definition) is 2. The SMILES string of the molecule is CC(C)(C)NS(=O)(=O)c1ccc(C(=O)Nc2cc(C(C)(C)C)nn2C(C)(C)C)o1. The van der Waals surface area contributed by atoms with E-state index in [0.29, 0.717) is 5.82 Å². The second-order valence-corrected chi connectivity index (χ2v) is 11.8. The van der Waals surface area contributed by atoms with Gasteiger partial charge in [-0.25, -0.2) is 17.8 Å². The van der Waals surface area contributed by atoms with E-state index in [-0.39, 0.29) is 21.8 Å². The number of amides is 1. The first-order valence-electron chi connectivity index (χ1n) is 9.46. The van der Waals surface area contributed by atoms with Gasteiger partial charge in [0.15, 0.2) is 5.76 Å². The molecular weight excluding hydrogens is 392 g/mol. The fraction of sp³-hybridized carbons (Fsp3) is 0.600. The Labute approximate surface area is 173 Å². The lowest BCUT2D eigenvalue weighted by Crippen LogP contribution is -2.40. The number of anilines is 1. The zero-order chi connectivity index (χ0) is 22.4. The quantitative estimate of drug-likeness (QED) is 0.775. The molecule has 2 N–H and O–H groups in total. The first-order valence-corrected chi connectivity index (χ1v) is 10.9. The van der Waals surface area contributed by atoms with Crippen LogP contribution in [-0.2, 0) is 21.0 Å². The van der Waals surface area contributed by atoms with Crippen LogP contribution in [-0.4, -0.2) is 29.6 Å². The van der Waals surface area contributed by atoms with Gasteiger partial charge in [-0.1, -0.05) is 20.8 Å². The van der Waals surface area contributed by atoms with Gasteiger partial charge in [0.05, 0.1) is 11.2 Å². The summed E-state index contributed by atoms with van der Waals surface area (Å²) >= 11 is 0. The van der Waals surface area contributed by atoms with Crippen molar-refractivity contribution >= 4 is 21.7 Å². The number of furan rings is 1. The molecule has 2 aromatic heterocycles. The van der Waals surface area contributed by atoms with Gasteiger partial charge in [0.25, 0.3) is 15.9 Å². The lowest BCUT2D eigenvalue weighted by atomic mass is 9.92. The minimum Gasteiger partial charge on any atom is -0.438 e. The first kappa shape index (κ1) is 23.2. The Balaban J connectivity index is 2.33. The van der Waals surface area contributed by atoms with Crippen molar-refractivity contribution in [3.63, 3.8) is 0 Å². The molecule has 0 spiro atoms. The summed E-state index contributed by atoms with van der Waals surface area (Å²) < 4.78 is 34.4. The molecule has 0 saturated heterocycles. The van der Waals surface area contributed by atoms with Crippen LogP contribution in [0.1, 0.15) is 78.6 Å². The van der Waals surface area contributed by atoms with Crippen LogP contribution in [0.4, 0.5) is 5.82 Å². The van der Waals surface area contributed by atoms with E-state index < -0.39 is 21.5 Å². The summed E-state index contributed by atoms with van der Waals surface area (Å²) in [5.41, 5.74) is -0.391. The minimum atomic E-state index is -3.86. The number of carbonyl (C=O) groups excluding carboxylic acids is 1. The molecule has 2 aromatic rings. The van der Waals surface area contributed by atoms with Crippen molar-refractivity contribution in [3.8, 4) is 0 Å². The number of nitrogens with zero attached hydrogens (tertiary/aromatic N) is 2. The maximum atomic E-state index is 12.7. The van der Waals surface area contributed by atoms with E-state index in [1.165, 1.54) is 12.1 Å². The molecule has 29 heavy (non-hydrogen) atoms. The molecule has 2 rings (SSSR count). The highest BCUT2D eigenvalue weighted by atomic mass is 32.2. The summed E-state index contributed by atoms with van der Waals surface area (Å²) in [6, 6.07) is 4.44. The molecule has 0 bridgehead atoms. The largest absolute Gasteiger partial charge is 0.438 e. The zero-order valence-electron chi connectivity index (χ0n) is 18.7. The minimum absolute atomic E-state index is 0.0988. The molecule has 0 atom stereocenters. The summed E-state index contributed by atoms with van der Waals surface area (Å²) in [5.74, 6) is -0.132. The predicted molar refractivity (Wildman–Crippen MR) is 113 cm³/mol. The number of hydrogen-bond acceptors (Lipinski definition) is 5. The van der Waals surface area contributed by atoms with E-state index in [9.17, 15) is 13.2 Å². The van der Waals surface area contributed by atoms with Gasteiger partial charge in [-0.05, 0) is 53.7 Å². The molecule has 8 nitrogen and oxygen atoms in total. The molecule has 0 unspecified atom stereocenters. The molecule has 2 heterocycles. The van der Waals surface area contributed by atoms with Crippen LogP contribution in [0.25, 0.3) is 0 Å². The lowest BCUT2D eigenvalue weighted by Gasteiger charge is -2.22. The molecule has 0 saturated carbocycles. The first-order chi connectivity index (χ1) is 12.9. The number of sulfonamides is 1. The van der Waals surface area contributed by atoms with Crippen LogP contribution in [0, 0.1) is 0 Å². The van der Waals surface area contributed by atoms with Crippen molar-refractivity contribution in [2.75, 3.05) is 5.32 Å². The Kier molecular flexibility index (Phi) is 5.81. The van der Waals surface area contributed by atoms with Gasteiger partial charge >= 0.3 is 0 Å². The van der Waals surface area contributed by atoms with Crippen molar-refractivity contribution in [3.05, 3.63) is 29.7 Å². The van der Waals surface area contributed by atoms with Crippen molar-refractivity contribution in [1.29, 1.82) is 0 Å². The Bertz CT molecular complexity index is 997. The molecule has 0 aromatic carbocycles. The molecule has 162 valence electrons. The lowest BCUT2D eigenvalue weighted by molar-refractivity contribution is 0.0990. The Morgan fingerprint density at radius 1 is 1.03 bits per heavy atom. The van der Waals surface area contributed by atoms with Crippen LogP contribution in [0.5, 0.6) is 0 Å². The number of aromatic nitrogens is 2. The van der Waals surface area contributed by atoms with Gasteiger partial charge in [0, 0.05) is 17.0 Å². The van der Waals surface area contributed by atoms with Gasteiger partial charge in [-0.15, -0.1) is 0 Å². The third-order valence-electron chi connectivity index (χ3n) is 3.87. The molecular formula is C20H32N4O4S. The van der Waals surface area contributed by atoms with Crippen LogP contribution in [0.2, 0.25) is 0 Å². The summed E-state index contributed by atoms with van der Waals surface area (Å²) in [5, 5.41) is 7.13. The van der Waals surface area contributed by atoms with Crippen molar-refractivity contribution in [2.45, 2.75) is 83.9 Å². The predicted octanol–water partition coefficient (Wildman–Crippen LogP) is 3.86. The molecule has 0 fully saturated rings. The van der Waals surface area contributed by atoms with Gasteiger partial charge in [-0.2, -0.15) is 5.10 Å². The summed E-state index contributed by atoms with van der Waals surface area (Å²) in [6.45, 7) is 17.2. The average molecular weight is 425 g/mol. The van der Waals surface area contributed by atoms with E-state index in [0.717, 1.165) is 5.69 Å². The Morgan fingerprint density at radius 3 is 2.10 bits per heavy atom. The van der Waals surface area contributed by atoms with E-state index in [2.05, 4.69) is 15.1 Å². The van der Waals surface area contributed by atoms with E-state index in [4.69, 9.17) is 4.42 Å². The van der Waals surface area contributed by atoms with Crippen LogP contribution in [0.3, 0.4) is 0 Å². The standard InChI is InChI=1S/C20H32N4O4S/c1-18(2,3)14-12-15(24(22-14)20(7,8)9)21-17(25)13-10-11-16(28-13)29(26,27)23-19(4,5)6/h10-12,23H,1-9H3,(H,21,25).